The Morgan fingerprint density at radius 3 is 1.84 bits per heavy atom. The van der Waals surface area contributed by atoms with E-state index in [-0.39, 0.29) is 0 Å². The molecule has 0 aliphatic rings. The molecule has 2 heterocycles. The zero-order valence-electron chi connectivity index (χ0n) is 23.8. The topological polar surface area (TPSA) is 4.93 Å². The number of hydrogen-bond acceptors (Lipinski definition) is 1. The first-order valence-corrected chi connectivity index (χ1v) is 15.9. The number of hydrogen-bond donors (Lipinski definition) is 0. The van der Waals surface area contributed by atoms with Crippen LogP contribution in [0.15, 0.2) is 152 Å². The number of thiophene rings is 1. The van der Waals surface area contributed by atoms with E-state index in [0.29, 0.717) is 0 Å². The van der Waals surface area contributed by atoms with E-state index in [1.54, 1.807) is 0 Å². The summed E-state index contributed by atoms with van der Waals surface area (Å²) in [5.41, 5.74) is 6.12. The van der Waals surface area contributed by atoms with Gasteiger partial charge in [0.15, 0.2) is 0 Å². The average Bonchev–Trinajstić information content (AvgIpc) is 3.59. The van der Waals surface area contributed by atoms with Crippen molar-refractivity contribution >= 4 is 85.6 Å². The monoisotopic (exact) mass is 575 g/mol. The molecule has 0 aliphatic carbocycles. The van der Waals surface area contributed by atoms with E-state index in [1.807, 2.05) is 11.3 Å². The van der Waals surface area contributed by atoms with Crippen LogP contribution in [0, 0.1) is 0 Å². The predicted molar refractivity (Wildman–Crippen MR) is 192 cm³/mol. The summed E-state index contributed by atoms with van der Waals surface area (Å²) < 4.78 is 5.14. The van der Waals surface area contributed by atoms with Crippen LogP contribution in [0.4, 0.5) is 0 Å². The third kappa shape index (κ3) is 3.52. The van der Waals surface area contributed by atoms with Crippen molar-refractivity contribution in [2.24, 2.45) is 0 Å². The minimum Gasteiger partial charge on any atom is -0.309 e. The van der Waals surface area contributed by atoms with Gasteiger partial charge in [-0.2, -0.15) is 0 Å². The van der Waals surface area contributed by atoms with E-state index < -0.39 is 0 Å². The highest BCUT2D eigenvalue weighted by Gasteiger charge is 2.16. The third-order valence-corrected chi connectivity index (χ3v) is 10.4. The maximum Gasteiger partial charge on any atom is 0.0547 e. The van der Waals surface area contributed by atoms with Crippen LogP contribution in [0.3, 0.4) is 0 Å². The highest BCUT2D eigenvalue weighted by Crippen LogP contribution is 2.41. The minimum absolute atomic E-state index is 1.18. The fourth-order valence-electron chi connectivity index (χ4n) is 7.13. The fraction of sp³-hybridized carbons (Fsp3) is 0. The van der Waals surface area contributed by atoms with E-state index in [9.17, 15) is 0 Å². The van der Waals surface area contributed by atoms with Crippen molar-refractivity contribution in [2.45, 2.75) is 0 Å². The van der Waals surface area contributed by atoms with Gasteiger partial charge in [0.25, 0.3) is 0 Å². The van der Waals surface area contributed by atoms with Gasteiger partial charge in [0.2, 0.25) is 0 Å². The molecule has 204 valence electrons. The standard InChI is InChI=1S/C42H25NS/c1-3-9-28-19-30(14-13-26(28)7-1)31-16-18-39-36(21-31)37-22-33-25-42-38(35-11-5-6-12-41(35)44-42)23-32(33)24-40(37)43(39)34-17-15-27-8-2-4-10-29(27)20-34/h1-25H. The molecule has 0 amide bonds. The molecule has 2 aromatic heterocycles. The normalized spacial score (nSPS) is 12.1. The first-order chi connectivity index (χ1) is 21.8. The van der Waals surface area contributed by atoms with Gasteiger partial charge in [0.1, 0.15) is 0 Å². The van der Waals surface area contributed by atoms with Gasteiger partial charge in [-0.05, 0) is 104 Å². The van der Waals surface area contributed by atoms with Crippen molar-refractivity contribution in [3.05, 3.63) is 152 Å². The summed E-state index contributed by atoms with van der Waals surface area (Å²) in [7, 11) is 0. The minimum atomic E-state index is 1.18. The number of fused-ring (bicyclic) bond motifs is 9. The van der Waals surface area contributed by atoms with Crippen molar-refractivity contribution in [3.63, 3.8) is 0 Å². The Labute approximate surface area is 257 Å². The second-order valence-corrected chi connectivity index (χ2v) is 12.9. The van der Waals surface area contributed by atoms with Gasteiger partial charge in [-0.15, -0.1) is 11.3 Å². The Morgan fingerprint density at radius 2 is 0.977 bits per heavy atom. The molecule has 2 heteroatoms. The van der Waals surface area contributed by atoms with Crippen molar-refractivity contribution in [1.29, 1.82) is 0 Å². The lowest BCUT2D eigenvalue weighted by Gasteiger charge is -2.10. The SMILES string of the molecule is c1ccc2cc(-c3ccc4c(c3)c3cc5cc6sc7ccccc7c6cc5cc3n4-c3ccc4ccccc4c3)ccc2c1. The van der Waals surface area contributed by atoms with Gasteiger partial charge in [-0.3, -0.25) is 0 Å². The summed E-state index contributed by atoms with van der Waals surface area (Å²) in [6, 6.07) is 56.2. The van der Waals surface area contributed by atoms with E-state index in [1.165, 1.54) is 91.1 Å². The lowest BCUT2D eigenvalue weighted by Crippen LogP contribution is -1.94. The molecule has 0 saturated carbocycles. The number of nitrogens with zero attached hydrogens (tertiary/aromatic N) is 1. The van der Waals surface area contributed by atoms with Crippen LogP contribution in [0.5, 0.6) is 0 Å². The Kier molecular flexibility index (Phi) is 4.94. The maximum absolute atomic E-state index is 2.46. The van der Waals surface area contributed by atoms with Crippen LogP contribution < -0.4 is 0 Å². The Morgan fingerprint density at radius 1 is 0.341 bits per heavy atom. The molecule has 0 aliphatic heterocycles. The molecule has 0 atom stereocenters. The van der Waals surface area contributed by atoms with E-state index in [0.717, 1.165) is 0 Å². The number of rotatable bonds is 2. The molecule has 0 N–H and O–H groups in total. The molecule has 0 bridgehead atoms. The molecule has 8 aromatic carbocycles. The summed E-state index contributed by atoms with van der Waals surface area (Å²) in [6.07, 6.45) is 0. The van der Waals surface area contributed by atoms with E-state index in [2.05, 4.69) is 156 Å². The Bertz CT molecular complexity index is 2780. The molecule has 0 fully saturated rings. The van der Waals surface area contributed by atoms with Gasteiger partial charge in [0, 0.05) is 36.6 Å². The molecular formula is C42H25NS. The summed E-state index contributed by atoms with van der Waals surface area (Å²) in [5.74, 6) is 0. The first-order valence-electron chi connectivity index (χ1n) is 15.1. The van der Waals surface area contributed by atoms with Crippen LogP contribution in [-0.4, -0.2) is 4.57 Å². The fourth-order valence-corrected chi connectivity index (χ4v) is 8.26. The third-order valence-electron chi connectivity index (χ3n) is 9.29. The van der Waals surface area contributed by atoms with Gasteiger partial charge >= 0.3 is 0 Å². The van der Waals surface area contributed by atoms with Gasteiger partial charge in [-0.25, -0.2) is 0 Å². The second-order valence-electron chi connectivity index (χ2n) is 11.8. The van der Waals surface area contributed by atoms with Crippen molar-refractivity contribution < 1.29 is 0 Å². The maximum atomic E-state index is 2.46. The highest BCUT2D eigenvalue weighted by atomic mass is 32.1. The molecule has 0 spiro atoms. The van der Waals surface area contributed by atoms with Crippen molar-refractivity contribution in [2.75, 3.05) is 0 Å². The summed E-state index contributed by atoms with van der Waals surface area (Å²) in [5, 5.41) is 12.8. The first kappa shape index (κ1) is 24.0. The van der Waals surface area contributed by atoms with Gasteiger partial charge in [-0.1, -0.05) is 91.0 Å². The Balaban J connectivity index is 1.29. The van der Waals surface area contributed by atoms with Gasteiger partial charge in [0.05, 0.1) is 11.0 Å². The van der Waals surface area contributed by atoms with E-state index >= 15 is 0 Å². The van der Waals surface area contributed by atoms with Gasteiger partial charge < -0.3 is 4.57 Å². The smallest absolute Gasteiger partial charge is 0.0547 e. The molecular weight excluding hydrogens is 551 g/mol. The van der Waals surface area contributed by atoms with Crippen LogP contribution in [0.1, 0.15) is 0 Å². The number of benzene rings is 8. The quantitative estimate of drug-likeness (QED) is 0.193. The van der Waals surface area contributed by atoms with Crippen molar-refractivity contribution in [1.82, 2.24) is 4.57 Å². The number of aromatic nitrogens is 1. The molecule has 10 rings (SSSR count). The second kappa shape index (κ2) is 9.03. The van der Waals surface area contributed by atoms with Crippen LogP contribution in [-0.2, 0) is 0 Å². The van der Waals surface area contributed by atoms with Crippen LogP contribution >= 0.6 is 11.3 Å². The molecule has 1 nitrogen and oxygen atoms in total. The highest BCUT2D eigenvalue weighted by molar-refractivity contribution is 7.25. The summed E-state index contributed by atoms with van der Waals surface area (Å²) >= 11 is 1.88. The van der Waals surface area contributed by atoms with Crippen LogP contribution in [0.2, 0.25) is 0 Å². The van der Waals surface area contributed by atoms with E-state index in [4.69, 9.17) is 0 Å². The Hall–Kier alpha value is -5.44. The molecule has 44 heavy (non-hydrogen) atoms. The zero-order chi connectivity index (χ0) is 28.8. The van der Waals surface area contributed by atoms with Crippen LogP contribution in [0.25, 0.3) is 91.1 Å². The molecule has 0 saturated heterocycles. The molecule has 0 radical (unpaired) electrons. The van der Waals surface area contributed by atoms with Crippen molar-refractivity contribution in [3.8, 4) is 16.8 Å². The lowest BCUT2D eigenvalue weighted by molar-refractivity contribution is 1.19. The largest absolute Gasteiger partial charge is 0.309 e. The predicted octanol–water partition coefficient (Wildman–Crippen LogP) is 12.3. The molecule has 0 unspecified atom stereocenters. The summed E-state index contributed by atoms with van der Waals surface area (Å²) in [4.78, 5) is 0. The zero-order valence-corrected chi connectivity index (χ0v) is 24.6. The average molecular weight is 576 g/mol. The molecule has 10 aromatic rings. The lowest BCUT2D eigenvalue weighted by atomic mass is 9.99. The summed E-state index contributed by atoms with van der Waals surface area (Å²) in [6.45, 7) is 0.